The molecule has 0 spiro atoms. The Morgan fingerprint density at radius 1 is 0.542 bits per heavy atom. The number of hydrogen-bond acceptors (Lipinski definition) is 6. The van der Waals surface area contributed by atoms with Crippen molar-refractivity contribution < 1.29 is 37.9 Å². The fourth-order valence-corrected chi connectivity index (χ4v) is 5.32. The first-order valence-corrected chi connectivity index (χ1v) is 20.5. The largest absolute Gasteiger partial charge is 0.469 e. The highest BCUT2D eigenvalue weighted by molar-refractivity contribution is 7.46. The third-order valence-corrected chi connectivity index (χ3v) is 8.31. The van der Waals surface area contributed by atoms with E-state index in [4.69, 9.17) is 19.3 Å². The van der Waals surface area contributed by atoms with Gasteiger partial charge in [0.05, 0.1) is 6.61 Å². The molecule has 1 atom stereocenters. The van der Waals surface area contributed by atoms with Crippen LogP contribution in [-0.2, 0) is 28.2 Å². The van der Waals surface area contributed by atoms with Crippen molar-refractivity contribution in [1.29, 1.82) is 0 Å². The molecule has 0 heterocycles. The van der Waals surface area contributed by atoms with Crippen LogP contribution < -0.4 is 0 Å². The van der Waals surface area contributed by atoms with Gasteiger partial charge in [0.25, 0.3) is 0 Å². The predicted octanol–water partition coefficient (Wildman–Crippen LogP) is 11.2. The van der Waals surface area contributed by atoms with Gasteiger partial charge in [0.15, 0.2) is 6.10 Å². The fourth-order valence-electron chi connectivity index (χ4n) is 4.96. The highest BCUT2D eigenvalue weighted by Gasteiger charge is 2.22. The van der Waals surface area contributed by atoms with Crippen LogP contribution in [-0.4, -0.2) is 41.0 Å². The second-order valence-corrected chi connectivity index (χ2v) is 13.8. The van der Waals surface area contributed by atoms with Crippen molar-refractivity contribution in [3.8, 4) is 0 Å². The topological polar surface area (TPSA) is 119 Å². The summed E-state index contributed by atoms with van der Waals surface area (Å²) in [7, 11) is -4.76. The van der Waals surface area contributed by atoms with Gasteiger partial charge in [0.1, 0.15) is 6.61 Å². The maximum atomic E-state index is 12.4. The number of carbonyl (C=O) groups excluding carboxylic acids is 2. The Labute approximate surface area is 293 Å². The molecule has 0 amide bonds. The van der Waals surface area contributed by atoms with Gasteiger partial charge in [-0.3, -0.25) is 14.1 Å². The number of allylic oxidation sites excluding steroid dienone is 8. The van der Waals surface area contributed by atoms with Crippen LogP contribution in [0.15, 0.2) is 48.6 Å². The van der Waals surface area contributed by atoms with E-state index in [1.807, 2.05) is 0 Å². The third-order valence-electron chi connectivity index (χ3n) is 7.82. The molecule has 48 heavy (non-hydrogen) atoms. The lowest BCUT2D eigenvalue weighted by molar-refractivity contribution is -0.161. The monoisotopic (exact) mass is 696 g/mol. The highest BCUT2D eigenvalue weighted by Crippen LogP contribution is 2.36. The zero-order chi connectivity index (χ0) is 35.4. The van der Waals surface area contributed by atoms with Crippen molar-refractivity contribution in [2.75, 3.05) is 13.2 Å². The van der Waals surface area contributed by atoms with E-state index in [0.29, 0.717) is 12.8 Å². The number of hydrogen-bond donors (Lipinski definition) is 2. The molecule has 0 aliphatic rings. The van der Waals surface area contributed by atoms with E-state index in [-0.39, 0.29) is 19.4 Å². The lowest BCUT2D eigenvalue weighted by Gasteiger charge is -2.18. The molecule has 9 heteroatoms. The molecule has 0 bridgehead atoms. The van der Waals surface area contributed by atoms with E-state index in [1.165, 1.54) is 64.2 Å². The number of phosphoric ester groups is 1. The predicted molar refractivity (Wildman–Crippen MR) is 198 cm³/mol. The maximum Gasteiger partial charge on any atom is 0.469 e. The van der Waals surface area contributed by atoms with Crippen LogP contribution in [0.2, 0.25) is 0 Å². The summed E-state index contributed by atoms with van der Waals surface area (Å²) < 4.78 is 26.3. The van der Waals surface area contributed by atoms with E-state index >= 15 is 0 Å². The lowest BCUT2D eigenvalue weighted by Crippen LogP contribution is -2.29. The molecule has 278 valence electrons. The van der Waals surface area contributed by atoms with Crippen LogP contribution in [0.1, 0.15) is 168 Å². The average Bonchev–Trinajstić information content (AvgIpc) is 3.05. The van der Waals surface area contributed by atoms with E-state index in [9.17, 15) is 14.2 Å². The molecule has 2 N–H and O–H groups in total. The summed E-state index contributed by atoms with van der Waals surface area (Å²) in [5, 5.41) is 0. The molecule has 0 fully saturated rings. The Hall–Kier alpha value is -1.99. The van der Waals surface area contributed by atoms with Gasteiger partial charge in [-0.1, -0.05) is 127 Å². The molecule has 0 radical (unpaired) electrons. The highest BCUT2D eigenvalue weighted by atomic mass is 31.2. The summed E-state index contributed by atoms with van der Waals surface area (Å²) >= 11 is 0. The van der Waals surface area contributed by atoms with E-state index in [1.54, 1.807) is 0 Å². The summed E-state index contributed by atoms with van der Waals surface area (Å²) in [6.07, 6.45) is 41.2. The minimum Gasteiger partial charge on any atom is -0.462 e. The van der Waals surface area contributed by atoms with Crippen LogP contribution >= 0.6 is 7.82 Å². The van der Waals surface area contributed by atoms with Crippen molar-refractivity contribution in [2.45, 2.75) is 174 Å². The normalized spacial score (nSPS) is 13.0. The second-order valence-electron chi connectivity index (χ2n) is 12.5. The molecular formula is C39H69O8P. The fraction of sp³-hybridized carbons (Fsp3) is 0.744. The van der Waals surface area contributed by atoms with Gasteiger partial charge in [-0.15, -0.1) is 0 Å². The van der Waals surface area contributed by atoms with Gasteiger partial charge in [-0.05, 0) is 77.0 Å². The Balaban J connectivity index is 4.06. The van der Waals surface area contributed by atoms with Gasteiger partial charge in [0.2, 0.25) is 0 Å². The molecule has 0 saturated heterocycles. The van der Waals surface area contributed by atoms with Crippen molar-refractivity contribution in [3.63, 3.8) is 0 Å². The quantitative estimate of drug-likeness (QED) is 0.0295. The standard InChI is InChI=1S/C39H69O8P/c1-3-5-7-9-11-13-15-17-19-21-23-25-27-29-31-33-38(40)45-35-37(36-46-48(42,43)44)47-39(41)34-32-30-28-26-24-22-20-18-16-14-12-10-8-6-4-2/h11,13,17-20,23,25,37H,3-10,12,14-16,21-22,24,26-36H2,1-2H3,(H2,42,43,44)/b13-11-,19-17-,20-18-,25-23-/t37-/m1/s1. The van der Waals surface area contributed by atoms with Gasteiger partial charge in [-0.25, -0.2) is 4.57 Å². The van der Waals surface area contributed by atoms with Crippen molar-refractivity contribution in [3.05, 3.63) is 48.6 Å². The lowest BCUT2D eigenvalue weighted by atomic mass is 10.1. The maximum absolute atomic E-state index is 12.4. The van der Waals surface area contributed by atoms with Crippen LogP contribution in [0.3, 0.4) is 0 Å². The van der Waals surface area contributed by atoms with Crippen molar-refractivity contribution in [1.82, 2.24) is 0 Å². The van der Waals surface area contributed by atoms with Crippen LogP contribution in [0.25, 0.3) is 0 Å². The molecule has 0 aromatic heterocycles. The van der Waals surface area contributed by atoms with Crippen molar-refractivity contribution in [2.24, 2.45) is 0 Å². The summed E-state index contributed by atoms with van der Waals surface area (Å²) in [4.78, 5) is 42.7. The summed E-state index contributed by atoms with van der Waals surface area (Å²) in [5.41, 5.74) is 0. The third kappa shape index (κ3) is 36.8. The van der Waals surface area contributed by atoms with Gasteiger partial charge in [-0.2, -0.15) is 0 Å². The molecule has 0 aromatic rings. The molecule has 0 saturated carbocycles. The van der Waals surface area contributed by atoms with Gasteiger partial charge < -0.3 is 19.3 Å². The number of phosphoric acid groups is 1. The average molecular weight is 697 g/mol. The van der Waals surface area contributed by atoms with E-state index in [2.05, 4.69) is 67.0 Å². The number of esters is 2. The van der Waals surface area contributed by atoms with Gasteiger partial charge >= 0.3 is 19.8 Å². The van der Waals surface area contributed by atoms with Crippen LogP contribution in [0, 0.1) is 0 Å². The minimum atomic E-state index is -4.76. The van der Waals surface area contributed by atoms with E-state index in [0.717, 1.165) is 64.2 Å². The molecule has 8 nitrogen and oxygen atoms in total. The number of unbranched alkanes of at least 4 members (excludes halogenated alkanes) is 16. The number of carbonyl (C=O) groups is 2. The number of ether oxygens (including phenoxy) is 2. The molecule has 0 aliphatic heterocycles. The number of rotatable bonds is 34. The van der Waals surface area contributed by atoms with Crippen LogP contribution in [0.5, 0.6) is 0 Å². The molecule has 0 aliphatic carbocycles. The zero-order valence-electron chi connectivity index (χ0n) is 30.4. The Bertz CT molecular complexity index is 921. The SMILES string of the molecule is CCCCC/C=C\C/C=C\C/C=C\CCCCC(=O)OC[C@H](COP(=O)(O)O)OC(=O)CCCCCCC/C=C\CCCCCCCC. The van der Waals surface area contributed by atoms with Crippen molar-refractivity contribution >= 4 is 19.8 Å². The Morgan fingerprint density at radius 3 is 1.50 bits per heavy atom. The summed E-state index contributed by atoms with van der Waals surface area (Å²) in [6, 6.07) is 0. The second kappa shape index (κ2) is 34.9. The zero-order valence-corrected chi connectivity index (χ0v) is 31.3. The first kappa shape index (κ1) is 46.0. The Kier molecular flexibility index (Phi) is 33.4. The summed E-state index contributed by atoms with van der Waals surface area (Å²) in [6.45, 7) is 3.59. The molecular weight excluding hydrogens is 627 g/mol. The van der Waals surface area contributed by atoms with E-state index < -0.39 is 32.5 Å². The van der Waals surface area contributed by atoms with Crippen LogP contribution in [0.4, 0.5) is 0 Å². The summed E-state index contributed by atoms with van der Waals surface area (Å²) in [5.74, 6) is -0.942. The Morgan fingerprint density at radius 2 is 0.938 bits per heavy atom. The van der Waals surface area contributed by atoms with Gasteiger partial charge in [0, 0.05) is 12.8 Å². The first-order chi connectivity index (χ1) is 23.3. The molecule has 0 aromatic carbocycles. The molecule has 0 rings (SSSR count). The smallest absolute Gasteiger partial charge is 0.462 e. The molecule has 0 unspecified atom stereocenters. The first-order valence-electron chi connectivity index (χ1n) is 18.9. The minimum absolute atomic E-state index is 0.192.